The molecule has 5 nitrogen and oxygen atoms in total. The molecule has 7 aromatic carbocycles. The van der Waals surface area contributed by atoms with Gasteiger partial charge in [-0.05, 0) is 63.7 Å². The van der Waals surface area contributed by atoms with Gasteiger partial charge in [-0.2, -0.15) is 0 Å². The van der Waals surface area contributed by atoms with E-state index in [-0.39, 0.29) is 0 Å². The van der Waals surface area contributed by atoms with E-state index in [0.717, 1.165) is 28.0 Å². The molecule has 0 fully saturated rings. The second-order valence-corrected chi connectivity index (χ2v) is 14.2. The normalized spacial score (nSPS) is 12.8. The van der Waals surface area contributed by atoms with Gasteiger partial charge in [0.1, 0.15) is 11.5 Å². The summed E-state index contributed by atoms with van der Waals surface area (Å²) in [5.74, 6) is 2.52. The number of hydrogen-bond donors (Lipinski definition) is 0. The minimum atomic E-state index is -0.490. The molecule has 3 heterocycles. The number of para-hydroxylation sites is 1. The van der Waals surface area contributed by atoms with Gasteiger partial charge in [0.05, 0.1) is 16.4 Å². The van der Waals surface area contributed by atoms with Crippen LogP contribution < -0.4 is 0 Å². The summed E-state index contributed by atoms with van der Waals surface area (Å²) in [6.07, 6.45) is 0. The van der Waals surface area contributed by atoms with Gasteiger partial charge in [0, 0.05) is 21.9 Å². The van der Waals surface area contributed by atoms with Crippen LogP contribution in [0.1, 0.15) is 22.3 Å². The zero-order chi connectivity index (χ0) is 37.1. The van der Waals surface area contributed by atoms with Gasteiger partial charge < -0.3 is 0 Å². The quantitative estimate of drug-likeness (QED) is 0.172. The van der Waals surface area contributed by atoms with E-state index < -0.39 is 5.41 Å². The van der Waals surface area contributed by atoms with Crippen molar-refractivity contribution in [3.8, 4) is 51.2 Å². The molecule has 0 saturated carbocycles. The first kappa shape index (κ1) is 32.0. The van der Waals surface area contributed by atoms with Crippen LogP contribution in [0.25, 0.3) is 73.0 Å². The van der Waals surface area contributed by atoms with Gasteiger partial charge in [-0.3, -0.25) is 4.57 Å². The molecule has 262 valence electrons. The lowest BCUT2D eigenvalue weighted by Gasteiger charge is -2.33. The molecular formula is C51H33N5. The van der Waals surface area contributed by atoms with Crippen molar-refractivity contribution in [1.29, 1.82) is 0 Å². The van der Waals surface area contributed by atoms with Crippen LogP contribution in [0.15, 0.2) is 200 Å². The average molecular weight is 716 g/mol. The van der Waals surface area contributed by atoms with Crippen LogP contribution in [-0.4, -0.2) is 24.5 Å². The van der Waals surface area contributed by atoms with E-state index in [4.69, 9.17) is 19.9 Å². The maximum atomic E-state index is 5.33. The zero-order valence-corrected chi connectivity index (χ0v) is 30.3. The Morgan fingerprint density at radius 2 is 0.911 bits per heavy atom. The number of benzene rings is 7. The Labute approximate surface area is 324 Å². The van der Waals surface area contributed by atoms with E-state index in [2.05, 4.69) is 132 Å². The fraction of sp³-hybridized carbons (Fsp3) is 0.0196. The molecule has 56 heavy (non-hydrogen) atoms. The van der Waals surface area contributed by atoms with Crippen molar-refractivity contribution >= 4 is 21.8 Å². The van der Waals surface area contributed by atoms with E-state index in [1.54, 1.807) is 0 Å². The number of rotatable bonds is 6. The van der Waals surface area contributed by atoms with Crippen LogP contribution in [0.2, 0.25) is 0 Å². The lowest BCUT2D eigenvalue weighted by molar-refractivity contribution is 0.769. The number of fused-ring (bicyclic) bond motifs is 6. The fourth-order valence-electron chi connectivity index (χ4n) is 8.75. The average Bonchev–Trinajstić information content (AvgIpc) is 3.76. The molecule has 0 aliphatic heterocycles. The molecule has 0 bridgehead atoms. The third-order valence-electron chi connectivity index (χ3n) is 11.1. The van der Waals surface area contributed by atoms with Crippen molar-refractivity contribution in [2.75, 3.05) is 0 Å². The summed E-state index contributed by atoms with van der Waals surface area (Å²) < 4.78 is 2.29. The molecule has 1 aliphatic rings. The number of aromatic nitrogens is 5. The molecule has 3 aromatic heterocycles. The molecule has 0 radical (unpaired) electrons. The molecule has 0 N–H and O–H groups in total. The first-order valence-corrected chi connectivity index (χ1v) is 18.9. The molecule has 0 amide bonds. The molecule has 0 spiro atoms. The Morgan fingerprint density at radius 1 is 0.357 bits per heavy atom. The third kappa shape index (κ3) is 4.88. The SMILES string of the molecule is c1ccc(-c2nc(-c3ccccc3)nc(-c3cccc(-n4c5ccccc5c5cc6c(cc54)-c4ccccc4C6(c4ccccc4)c4ccccc4)n3)n2)cc1. The maximum Gasteiger partial charge on any atom is 0.182 e. The summed E-state index contributed by atoms with van der Waals surface area (Å²) in [6, 6.07) is 70.5. The fourth-order valence-corrected chi connectivity index (χ4v) is 8.75. The first-order valence-electron chi connectivity index (χ1n) is 18.9. The van der Waals surface area contributed by atoms with E-state index in [1.165, 1.54) is 44.2 Å². The summed E-state index contributed by atoms with van der Waals surface area (Å²) in [5, 5.41) is 2.34. The largest absolute Gasteiger partial charge is 0.294 e. The van der Waals surface area contributed by atoms with E-state index in [1.807, 2.05) is 72.8 Å². The molecule has 0 saturated heterocycles. The van der Waals surface area contributed by atoms with Crippen molar-refractivity contribution in [3.63, 3.8) is 0 Å². The minimum absolute atomic E-state index is 0.490. The number of hydrogen-bond acceptors (Lipinski definition) is 4. The smallest absolute Gasteiger partial charge is 0.182 e. The highest BCUT2D eigenvalue weighted by Crippen LogP contribution is 2.57. The Morgan fingerprint density at radius 3 is 1.57 bits per heavy atom. The van der Waals surface area contributed by atoms with Crippen molar-refractivity contribution in [2.24, 2.45) is 0 Å². The predicted octanol–water partition coefficient (Wildman–Crippen LogP) is 11.7. The van der Waals surface area contributed by atoms with E-state index >= 15 is 0 Å². The van der Waals surface area contributed by atoms with Crippen LogP contribution in [0.4, 0.5) is 0 Å². The van der Waals surface area contributed by atoms with E-state index in [9.17, 15) is 0 Å². The standard InChI is InChI=1S/C51H33N5/c1-5-18-34(19-6-1)48-53-49(35-20-7-2-8-21-35)55-50(54-48)44-29-17-31-47(52-44)56-45-30-16-14-27-39(45)41-32-43-40(33-46(41)56)38-26-13-15-28-42(38)51(43,36-22-9-3-10-23-36)37-24-11-4-12-25-37/h1-33H. The van der Waals surface area contributed by atoms with Gasteiger partial charge >= 0.3 is 0 Å². The summed E-state index contributed by atoms with van der Waals surface area (Å²) in [7, 11) is 0. The summed E-state index contributed by atoms with van der Waals surface area (Å²) in [4.78, 5) is 20.2. The van der Waals surface area contributed by atoms with Crippen molar-refractivity contribution in [1.82, 2.24) is 24.5 Å². The van der Waals surface area contributed by atoms with Crippen LogP contribution in [0.5, 0.6) is 0 Å². The molecule has 5 heteroatoms. The monoisotopic (exact) mass is 715 g/mol. The Kier molecular flexibility index (Phi) is 7.32. The van der Waals surface area contributed by atoms with Crippen LogP contribution in [-0.2, 0) is 5.41 Å². The lowest BCUT2D eigenvalue weighted by Crippen LogP contribution is -2.28. The Bertz CT molecular complexity index is 2970. The molecule has 1 aliphatic carbocycles. The summed E-state index contributed by atoms with van der Waals surface area (Å²) >= 11 is 0. The number of pyridine rings is 1. The van der Waals surface area contributed by atoms with Gasteiger partial charge in [0.2, 0.25) is 0 Å². The topological polar surface area (TPSA) is 56.5 Å². The van der Waals surface area contributed by atoms with E-state index in [0.29, 0.717) is 23.2 Å². The maximum absolute atomic E-state index is 5.33. The number of nitrogens with zero attached hydrogens (tertiary/aromatic N) is 5. The van der Waals surface area contributed by atoms with Crippen molar-refractivity contribution in [3.05, 3.63) is 222 Å². The molecular weight excluding hydrogens is 683 g/mol. The van der Waals surface area contributed by atoms with Crippen LogP contribution in [0, 0.1) is 0 Å². The summed E-state index contributed by atoms with van der Waals surface area (Å²) in [5.41, 5.74) is 11.7. The van der Waals surface area contributed by atoms with Gasteiger partial charge in [0.15, 0.2) is 17.5 Å². The van der Waals surface area contributed by atoms with Gasteiger partial charge in [0.25, 0.3) is 0 Å². The lowest BCUT2D eigenvalue weighted by atomic mass is 9.67. The van der Waals surface area contributed by atoms with Gasteiger partial charge in [-0.25, -0.2) is 19.9 Å². The second-order valence-electron chi connectivity index (χ2n) is 14.2. The highest BCUT2D eigenvalue weighted by atomic mass is 15.1. The molecule has 10 aromatic rings. The third-order valence-corrected chi connectivity index (χ3v) is 11.1. The molecule has 0 atom stereocenters. The minimum Gasteiger partial charge on any atom is -0.294 e. The highest BCUT2D eigenvalue weighted by Gasteiger charge is 2.46. The Balaban J connectivity index is 1.16. The first-order chi connectivity index (χ1) is 27.8. The molecule has 0 unspecified atom stereocenters. The van der Waals surface area contributed by atoms with Crippen molar-refractivity contribution in [2.45, 2.75) is 5.41 Å². The van der Waals surface area contributed by atoms with Crippen LogP contribution in [0.3, 0.4) is 0 Å². The predicted molar refractivity (Wildman–Crippen MR) is 226 cm³/mol. The zero-order valence-electron chi connectivity index (χ0n) is 30.3. The van der Waals surface area contributed by atoms with Crippen LogP contribution >= 0.6 is 0 Å². The molecule has 11 rings (SSSR count). The Hall–Kier alpha value is -7.50. The second kappa shape index (κ2) is 12.8. The van der Waals surface area contributed by atoms with Gasteiger partial charge in [-0.15, -0.1) is 0 Å². The van der Waals surface area contributed by atoms with Crippen molar-refractivity contribution < 1.29 is 0 Å². The summed E-state index contributed by atoms with van der Waals surface area (Å²) in [6.45, 7) is 0. The van der Waals surface area contributed by atoms with Gasteiger partial charge in [-0.1, -0.05) is 170 Å². The highest BCUT2D eigenvalue weighted by molar-refractivity contribution is 6.11.